The second-order valence-corrected chi connectivity index (χ2v) is 3.23. The Morgan fingerprint density at radius 2 is 2.36 bits per heavy atom. The second-order valence-electron chi connectivity index (χ2n) is 3.23. The Balaban J connectivity index is 2.95. The lowest BCUT2D eigenvalue weighted by Crippen LogP contribution is -1.83. The van der Waals surface area contributed by atoms with Gasteiger partial charge in [-0.25, -0.2) is 0 Å². The Kier molecular flexibility index (Phi) is 4.74. The molecule has 0 fully saturated rings. The van der Waals surface area contributed by atoms with E-state index in [1.165, 1.54) is 11.1 Å². The third-order valence-electron chi connectivity index (χ3n) is 1.99. The number of nitrogens with zero attached hydrogens (tertiary/aromatic N) is 1. The number of rotatable bonds is 4. The molecule has 74 valence electrons. The van der Waals surface area contributed by atoms with E-state index in [4.69, 9.17) is 0 Å². The molecule has 0 N–H and O–H groups in total. The molecule has 1 rings (SSSR count). The number of pyridine rings is 1. The van der Waals surface area contributed by atoms with Crippen molar-refractivity contribution in [1.29, 1.82) is 0 Å². The summed E-state index contributed by atoms with van der Waals surface area (Å²) in [6.07, 6.45) is 9.04. The third kappa shape index (κ3) is 3.20. The van der Waals surface area contributed by atoms with E-state index in [0.717, 1.165) is 19.3 Å². The molecule has 1 heterocycles. The maximum Gasteiger partial charge on any atom is 0.0349 e. The van der Waals surface area contributed by atoms with Crippen molar-refractivity contribution in [1.82, 2.24) is 4.98 Å². The van der Waals surface area contributed by atoms with Gasteiger partial charge in [0.2, 0.25) is 0 Å². The van der Waals surface area contributed by atoms with Crippen LogP contribution >= 0.6 is 0 Å². The summed E-state index contributed by atoms with van der Waals surface area (Å²) in [7, 11) is 0. The maximum absolute atomic E-state index is 4.12. The highest BCUT2D eigenvalue weighted by atomic mass is 14.6. The van der Waals surface area contributed by atoms with Crippen LogP contribution in [-0.2, 0) is 0 Å². The average Bonchev–Trinajstić information content (AvgIpc) is 2.25. The molecular weight excluding hydrogens is 170 g/mol. The lowest BCUT2D eigenvalue weighted by Gasteiger charge is -2.01. The molecule has 0 aliphatic heterocycles. The first-order valence-corrected chi connectivity index (χ1v) is 5.23. The highest BCUT2D eigenvalue weighted by Gasteiger charge is 1.97. The molecule has 0 saturated carbocycles. The molecule has 0 saturated heterocycles. The van der Waals surface area contributed by atoms with Gasteiger partial charge in [-0.2, -0.15) is 0 Å². The Bertz CT molecular complexity index is 318. The van der Waals surface area contributed by atoms with Gasteiger partial charge in [-0.15, -0.1) is 5.73 Å². The van der Waals surface area contributed by atoms with Crippen molar-refractivity contribution >= 4 is 5.57 Å². The highest BCUT2D eigenvalue weighted by molar-refractivity contribution is 5.63. The first-order valence-electron chi connectivity index (χ1n) is 5.23. The molecule has 0 aliphatic rings. The van der Waals surface area contributed by atoms with E-state index in [2.05, 4.69) is 36.7 Å². The highest BCUT2D eigenvalue weighted by Crippen LogP contribution is 2.17. The summed E-state index contributed by atoms with van der Waals surface area (Å²) in [6.45, 7) is 4.31. The van der Waals surface area contributed by atoms with Crippen LogP contribution in [0.5, 0.6) is 0 Å². The summed E-state index contributed by atoms with van der Waals surface area (Å²) in [4.78, 5) is 4.12. The second kappa shape index (κ2) is 6.17. The van der Waals surface area contributed by atoms with Gasteiger partial charge in [-0.3, -0.25) is 4.98 Å². The van der Waals surface area contributed by atoms with Gasteiger partial charge in [0.15, 0.2) is 0 Å². The van der Waals surface area contributed by atoms with E-state index < -0.39 is 0 Å². The largest absolute Gasteiger partial charge is 0.264 e. The van der Waals surface area contributed by atoms with Gasteiger partial charge in [0.25, 0.3) is 0 Å². The summed E-state index contributed by atoms with van der Waals surface area (Å²) in [5, 5.41) is 0. The van der Waals surface area contributed by atoms with Crippen molar-refractivity contribution in [3.63, 3.8) is 0 Å². The molecule has 0 aliphatic carbocycles. The van der Waals surface area contributed by atoms with Gasteiger partial charge >= 0.3 is 0 Å². The molecule has 0 aromatic carbocycles. The van der Waals surface area contributed by atoms with Crippen LogP contribution in [0, 0.1) is 0 Å². The smallest absolute Gasteiger partial charge is 0.0349 e. The molecule has 0 radical (unpaired) electrons. The Morgan fingerprint density at radius 1 is 1.50 bits per heavy atom. The zero-order chi connectivity index (χ0) is 10.2. The van der Waals surface area contributed by atoms with Crippen LogP contribution in [-0.4, -0.2) is 4.98 Å². The van der Waals surface area contributed by atoms with Crippen molar-refractivity contribution in [3.05, 3.63) is 41.9 Å². The molecule has 14 heavy (non-hydrogen) atoms. The zero-order valence-corrected chi connectivity index (χ0v) is 8.96. The van der Waals surface area contributed by atoms with Crippen molar-refractivity contribution < 1.29 is 0 Å². The van der Waals surface area contributed by atoms with Gasteiger partial charge in [0.05, 0.1) is 0 Å². The van der Waals surface area contributed by atoms with Crippen LogP contribution in [0.25, 0.3) is 5.57 Å². The van der Waals surface area contributed by atoms with Crippen LogP contribution in [0.2, 0.25) is 0 Å². The maximum atomic E-state index is 4.12. The predicted octanol–water partition coefficient (Wildman–Crippen LogP) is 3.83. The fourth-order valence-electron chi connectivity index (χ4n) is 1.32. The minimum absolute atomic E-state index is 1.04. The number of allylic oxidation sites excluding steroid dienone is 1. The summed E-state index contributed by atoms with van der Waals surface area (Å²) < 4.78 is 0. The SMILES string of the molecule is CCC=C=C(CCC)c1cccnc1. The van der Waals surface area contributed by atoms with Gasteiger partial charge in [0.1, 0.15) is 0 Å². The molecule has 0 amide bonds. The van der Waals surface area contributed by atoms with Gasteiger partial charge in [0, 0.05) is 23.5 Å². The quantitative estimate of drug-likeness (QED) is 0.653. The molecule has 0 unspecified atom stereocenters. The van der Waals surface area contributed by atoms with Crippen LogP contribution in [0.3, 0.4) is 0 Å². The summed E-state index contributed by atoms with van der Waals surface area (Å²) in [5.41, 5.74) is 5.80. The summed E-state index contributed by atoms with van der Waals surface area (Å²) >= 11 is 0. The van der Waals surface area contributed by atoms with Crippen LogP contribution in [0.15, 0.2) is 36.3 Å². The predicted molar refractivity (Wildman–Crippen MR) is 60.9 cm³/mol. The molecule has 0 spiro atoms. The van der Waals surface area contributed by atoms with Gasteiger partial charge in [-0.1, -0.05) is 26.3 Å². The Morgan fingerprint density at radius 3 is 2.93 bits per heavy atom. The zero-order valence-electron chi connectivity index (χ0n) is 8.96. The monoisotopic (exact) mass is 187 g/mol. The Labute approximate surface area is 86.2 Å². The number of hydrogen-bond acceptors (Lipinski definition) is 1. The summed E-state index contributed by atoms with van der Waals surface area (Å²) in [5.74, 6) is 0. The standard InChI is InChI=1S/C13H17N/c1-3-5-8-12(7-4-2)13-9-6-10-14-11-13/h5-6,9-11H,3-4,7H2,1-2H3. The molecular formula is C13H17N. The van der Waals surface area contributed by atoms with Crippen molar-refractivity contribution in [2.45, 2.75) is 33.1 Å². The topological polar surface area (TPSA) is 12.9 Å². The fourth-order valence-corrected chi connectivity index (χ4v) is 1.32. The minimum atomic E-state index is 1.04. The fraction of sp³-hybridized carbons (Fsp3) is 0.385. The molecule has 0 atom stereocenters. The minimum Gasteiger partial charge on any atom is -0.264 e. The normalized spacial score (nSPS) is 9.29. The first kappa shape index (κ1) is 10.7. The molecule has 1 aromatic rings. The molecule has 1 aromatic heterocycles. The van der Waals surface area contributed by atoms with Crippen molar-refractivity contribution in [2.24, 2.45) is 0 Å². The lowest BCUT2D eigenvalue weighted by atomic mass is 10.0. The molecule has 1 nitrogen and oxygen atoms in total. The Hall–Kier alpha value is -1.33. The number of aromatic nitrogens is 1. The van der Waals surface area contributed by atoms with Crippen LogP contribution in [0.4, 0.5) is 0 Å². The van der Waals surface area contributed by atoms with Crippen LogP contribution < -0.4 is 0 Å². The molecule has 0 bridgehead atoms. The van der Waals surface area contributed by atoms with Crippen molar-refractivity contribution in [3.8, 4) is 0 Å². The van der Waals surface area contributed by atoms with E-state index in [1.54, 1.807) is 6.20 Å². The van der Waals surface area contributed by atoms with Gasteiger partial charge in [-0.05, 0) is 25.0 Å². The molecule has 1 heteroatoms. The van der Waals surface area contributed by atoms with E-state index in [-0.39, 0.29) is 0 Å². The van der Waals surface area contributed by atoms with Crippen molar-refractivity contribution in [2.75, 3.05) is 0 Å². The first-order chi connectivity index (χ1) is 6.88. The van der Waals surface area contributed by atoms with E-state index >= 15 is 0 Å². The van der Waals surface area contributed by atoms with E-state index in [1.807, 2.05) is 12.3 Å². The lowest BCUT2D eigenvalue weighted by molar-refractivity contribution is 0.972. The summed E-state index contributed by atoms with van der Waals surface area (Å²) in [6, 6.07) is 4.06. The average molecular weight is 187 g/mol. The van der Waals surface area contributed by atoms with E-state index in [9.17, 15) is 0 Å². The number of hydrogen-bond donors (Lipinski definition) is 0. The van der Waals surface area contributed by atoms with Crippen LogP contribution in [0.1, 0.15) is 38.7 Å². The third-order valence-corrected chi connectivity index (χ3v) is 1.99. The van der Waals surface area contributed by atoms with Gasteiger partial charge < -0.3 is 0 Å². The van der Waals surface area contributed by atoms with E-state index in [0.29, 0.717) is 0 Å².